The minimum atomic E-state index is -3.25. The van der Waals surface area contributed by atoms with E-state index in [0.29, 0.717) is 18.8 Å². The standard InChI is InChI=1S/C16H22N4O4S/c1-11-4-5-14-13(8-11)15(18-19(14)2)16(21)17-9-12-10-20(6-7-24-12)25(3,22)23/h4-5,8,12H,6-7,9-10H2,1-3H3,(H,17,21)/t12-/m1/s1. The van der Waals surface area contributed by atoms with Crippen molar-refractivity contribution in [3.63, 3.8) is 0 Å². The fourth-order valence-corrected chi connectivity index (χ4v) is 3.80. The Bertz CT molecular complexity index is 906. The third-order valence-corrected chi connectivity index (χ3v) is 5.55. The number of aromatic nitrogens is 2. The number of hydrogen-bond acceptors (Lipinski definition) is 5. The second-order valence-corrected chi connectivity index (χ2v) is 8.30. The molecule has 2 aromatic rings. The molecule has 0 radical (unpaired) electrons. The normalized spacial score (nSPS) is 19.2. The number of aryl methyl sites for hydroxylation is 2. The topological polar surface area (TPSA) is 93.5 Å². The van der Waals surface area contributed by atoms with Gasteiger partial charge in [0.1, 0.15) is 0 Å². The fraction of sp³-hybridized carbons (Fsp3) is 0.500. The molecule has 0 unspecified atom stereocenters. The number of carbonyl (C=O) groups excluding carboxylic acids is 1. The van der Waals surface area contributed by atoms with E-state index in [-0.39, 0.29) is 25.1 Å². The van der Waals surface area contributed by atoms with E-state index in [1.807, 2.05) is 25.1 Å². The Morgan fingerprint density at radius 2 is 2.20 bits per heavy atom. The van der Waals surface area contributed by atoms with E-state index in [2.05, 4.69) is 10.4 Å². The van der Waals surface area contributed by atoms with Gasteiger partial charge in [0.25, 0.3) is 5.91 Å². The average molecular weight is 366 g/mol. The number of sulfonamides is 1. The van der Waals surface area contributed by atoms with E-state index in [4.69, 9.17) is 4.74 Å². The van der Waals surface area contributed by atoms with Gasteiger partial charge in [-0.25, -0.2) is 8.42 Å². The van der Waals surface area contributed by atoms with Crippen LogP contribution in [0.25, 0.3) is 10.9 Å². The van der Waals surface area contributed by atoms with Gasteiger partial charge in [-0.3, -0.25) is 9.48 Å². The van der Waals surface area contributed by atoms with Crippen LogP contribution in [0.4, 0.5) is 0 Å². The molecule has 3 rings (SSSR count). The molecular weight excluding hydrogens is 344 g/mol. The number of carbonyl (C=O) groups is 1. The molecule has 1 atom stereocenters. The number of benzene rings is 1. The molecule has 0 spiro atoms. The first-order chi connectivity index (χ1) is 11.8. The smallest absolute Gasteiger partial charge is 0.272 e. The number of nitrogens with one attached hydrogen (secondary N) is 1. The first-order valence-corrected chi connectivity index (χ1v) is 9.89. The largest absolute Gasteiger partial charge is 0.374 e. The van der Waals surface area contributed by atoms with Crippen molar-refractivity contribution in [1.29, 1.82) is 0 Å². The maximum absolute atomic E-state index is 12.5. The van der Waals surface area contributed by atoms with Crippen LogP contribution >= 0.6 is 0 Å². The summed E-state index contributed by atoms with van der Waals surface area (Å²) < 4.78 is 31.9. The fourth-order valence-electron chi connectivity index (χ4n) is 2.95. The lowest BCUT2D eigenvalue weighted by atomic mass is 10.1. The maximum Gasteiger partial charge on any atom is 0.272 e. The lowest BCUT2D eigenvalue weighted by Crippen LogP contribution is -2.49. The molecule has 1 fully saturated rings. The highest BCUT2D eigenvalue weighted by atomic mass is 32.2. The number of amides is 1. The summed E-state index contributed by atoms with van der Waals surface area (Å²) >= 11 is 0. The van der Waals surface area contributed by atoms with Crippen LogP contribution in [-0.4, -0.2) is 67.0 Å². The highest BCUT2D eigenvalue weighted by Crippen LogP contribution is 2.19. The monoisotopic (exact) mass is 366 g/mol. The molecule has 0 saturated carbocycles. The van der Waals surface area contributed by atoms with Gasteiger partial charge in [-0.2, -0.15) is 9.40 Å². The van der Waals surface area contributed by atoms with Crippen LogP contribution in [0.15, 0.2) is 18.2 Å². The second kappa shape index (κ2) is 6.74. The van der Waals surface area contributed by atoms with E-state index in [1.165, 1.54) is 10.6 Å². The van der Waals surface area contributed by atoms with Crippen molar-refractivity contribution in [3.8, 4) is 0 Å². The molecule has 9 heteroatoms. The van der Waals surface area contributed by atoms with E-state index >= 15 is 0 Å². The summed E-state index contributed by atoms with van der Waals surface area (Å²) in [7, 11) is -1.46. The molecule has 2 heterocycles. The summed E-state index contributed by atoms with van der Waals surface area (Å²) in [4.78, 5) is 12.5. The molecule has 8 nitrogen and oxygen atoms in total. The van der Waals surface area contributed by atoms with E-state index in [1.54, 1.807) is 11.7 Å². The Kier molecular flexibility index (Phi) is 4.81. The zero-order chi connectivity index (χ0) is 18.2. The molecule has 25 heavy (non-hydrogen) atoms. The first-order valence-electron chi connectivity index (χ1n) is 8.04. The van der Waals surface area contributed by atoms with Gasteiger partial charge in [-0.1, -0.05) is 11.6 Å². The number of morpholine rings is 1. The molecular formula is C16H22N4O4S. The molecule has 1 amide bonds. The van der Waals surface area contributed by atoms with Gasteiger partial charge in [-0.05, 0) is 19.1 Å². The zero-order valence-corrected chi connectivity index (χ0v) is 15.3. The van der Waals surface area contributed by atoms with Gasteiger partial charge in [-0.15, -0.1) is 0 Å². The molecule has 136 valence electrons. The Hall–Kier alpha value is -1.97. The van der Waals surface area contributed by atoms with Crippen LogP contribution in [0.3, 0.4) is 0 Å². The number of ether oxygens (including phenoxy) is 1. The van der Waals surface area contributed by atoms with Crippen LogP contribution < -0.4 is 5.32 Å². The Morgan fingerprint density at radius 3 is 2.92 bits per heavy atom. The summed E-state index contributed by atoms with van der Waals surface area (Å²) in [5.74, 6) is -0.295. The predicted molar refractivity (Wildman–Crippen MR) is 93.9 cm³/mol. The minimum Gasteiger partial charge on any atom is -0.374 e. The molecule has 1 aromatic heterocycles. The van der Waals surface area contributed by atoms with Crippen molar-refractivity contribution in [3.05, 3.63) is 29.5 Å². The second-order valence-electron chi connectivity index (χ2n) is 6.32. The number of hydrogen-bond donors (Lipinski definition) is 1. The van der Waals surface area contributed by atoms with Crippen molar-refractivity contribution >= 4 is 26.8 Å². The van der Waals surface area contributed by atoms with Crippen molar-refractivity contribution in [2.75, 3.05) is 32.5 Å². The highest BCUT2D eigenvalue weighted by molar-refractivity contribution is 7.88. The summed E-state index contributed by atoms with van der Waals surface area (Å²) in [6.45, 7) is 3.09. The lowest BCUT2D eigenvalue weighted by molar-refractivity contribution is 0.000417. The van der Waals surface area contributed by atoms with Crippen molar-refractivity contribution in [2.24, 2.45) is 7.05 Å². The quantitative estimate of drug-likeness (QED) is 0.838. The van der Waals surface area contributed by atoms with Crippen molar-refractivity contribution in [2.45, 2.75) is 13.0 Å². The summed E-state index contributed by atoms with van der Waals surface area (Å²) in [6.07, 6.45) is 0.806. The highest BCUT2D eigenvalue weighted by Gasteiger charge is 2.27. The van der Waals surface area contributed by atoms with Gasteiger partial charge in [0.05, 0.1) is 24.5 Å². The van der Waals surface area contributed by atoms with Gasteiger partial charge < -0.3 is 10.1 Å². The molecule has 1 aliphatic rings. The third kappa shape index (κ3) is 3.83. The Morgan fingerprint density at radius 1 is 1.44 bits per heavy atom. The van der Waals surface area contributed by atoms with Gasteiger partial charge >= 0.3 is 0 Å². The summed E-state index contributed by atoms with van der Waals surface area (Å²) in [5, 5.41) is 7.90. The maximum atomic E-state index is 12.5. The van der Waals surface area contributed by atoms with Crippen LogP contribution in [0, 0.1) is 6.92 Å². The van der Waals surface area contributed by atoms with Crippen molar-refractivity contribution in [1.82, 2.24) is 19.4 Å². The van der Waals surface area contributed by atoms with Crippen LogP contribution in [-0.2, 0) is 21.8 Å². The molecule has 1 aromatic carbocycles. The minimum absolute atomic E-state index is 0.231. The zero-order valence-electron chi connectivity index (χ0n) is 14.5. The lowest BCUT2D eigenvalue weighted by Gasteiger charge is -2.31. The van der Waals surface area contributed by atoms with Gasteiger partial charge in [0.15, 0.2) is 5.69 Å². The number of fused-ring (bicyclic) bond motifs is 1. The average Bonchev–Trinajstić information content (AvgIpc) is 2.88. The van der Waals surface area contributed by atoms with Crippen LogP contribution in [0.5, 0.6) is 0 Å². The molecule has 1 N–H and O–H groups in total. The molecule has 0 aliphatic carbocycles. The van der Waals surface area contributed by atoms with E-state index in [9.17, 15) is 13.2 Å². The van der Waals surface area contributed by atoms with E-state index < -0.39 is 10.0 Å². The van der Waals surface area contributed by atoms with Gasteiger partial charge in [0.2, 0.25) is 10.0 Å². The predicted octanol–water partition coefficient (Wildman–Crippen LogP) is 0.272. The SMILES string of the molecule is Cc1ccc2c(c1)c(C(=O)NC[C@@H]1CN(S(C)(=O)=O)CCO1)nn2C. The van der Waals surface area contributed by atoms with E-state index in [0.717, 1.165) is 16.5 Å². The number of rotatable bonds is 4. The Balaban J connectivity index is 1.70. The Labute approximate surface area is 146 Å². The summed E-state index contributed by atoms with van der Waals surface area (Å²) in [6, 6.07) is 5.84. The van der Waals surface area contributed by atoms with Crippen LogP contribution in [0.1, 0.15) is 16.1 Å². The van der Waals surface area contributed by atoms with Crippen LogP contribution in [0.2, 0.25) is 0 Å². The molecule has 0 bridgehead atoms. The third-order valence-electron chi connectivity index (χ3n) is 4.28. The number of nitrogens with zero attached hydrogens (tertiary/aromatic N) is 3. The molecule has 1 saturated heterocycles. The first kappa shape index (κ1) is 17.8. The van der Waals surface area contributed by atoms with Crippen molar-refractivity contribution < 1.29 is 17.9 Å². The van der Waals surface area contributed by atoms with Gasteiger partial charge in [0, 0.05) is 32.1 Å². The molecule has 1 aliphatic heterocycles. The summed E-state index contributed by atoms with van der Waals surface area (Å²) in [5.41, 5.74) is 2.29.